The molecule has 0 aliphatic carbocycles. The molecular formula is C39H24N2S. The van der Waals surface area contributed by atoms with Crippen molar-refractivity contribution in [1.29, 1.82) is 0 Å². The minimum atomic E-state index is 0.950. The van der Waals surface area contributed by atoms with Crippen LogP contribution in [-0.2, 0) is 0 Å². The van der Waals surface area contributed by atoms with Crippen molar-refractivity contribution in [3.63, 3.8) is 0 Å². The lowest BCUT2D eigenvalue weighted by atomic mass is 9.90. The van der Waals surface area contributed by atoms with Crippen molar-refractivity contribution in [3.05, 3.63) is 146 Å². The number of thiophene rings is 1. The molecule has 0 aliphatic heterocycles. The molecule has 0 spiro atoms. The summed E-state index contributed by atoms with van der Waals surface area (Å²) >= 11 is 1.86. The van der Waals surface area contributed by atoms with E-state index in [2.05, 4.69) is 150 Å². The minimum absolute atomic E-state index is 0.950. The number of hydrogen-bond donors (Lipinski definition) is 0. The van der Waals surface area contributed by atoms with Gasteiger partial charge in [0.1, 0.15) is 5.82 Å². The van der Waals surface area contributed by atoms with Crippen LogP contribution in [0, 0.1) is 0 Å². The van der Waals surface area contributed by atoms with E-state index < -0.39 is 0 Å². The van der Waals surface area contributed by atoms with E-state index in [0.29, 0.717) is 0 Å². The minimum Gasteiger partial charge on any atom is -0.291 e. The lowest BCUT2D eigenvalue weighted by Crippen LogP contribution is -2.01. The lowest BCUT2D eigenvalue weighted by molar-refractivity contribution is 1.13. The summed E-state index contributed by atoms with van der Waals surface area (Å²) in [6, 6.07) is 52.4. The van der Waals surface area contributed by atoms with Gasteiger partial charge in [0.15, 0.2) is 0 Å². The highest BCUT2D eigenvalue weighted by atomic mass is 32.1. The van der Waals surface area contributed by atoms with Crippen LogP contribution in [-0.4, -0.2) is 9.55 Å². The molecule has 0 bridgehead atoms. The largest absolute Gasteiger partial charge is 0.291 e. The van der Waals surface area contributed by atoms with Crippen molar-refractivity contribution in [1.82, 2.24) is 9.55 Å². The maximum atomic E-state index is 5.17. The van der Waals surface area contributed by atoms with Gasteiger partial charge in [-0.25, -0.2) is 4.98 Å². The van der Waals surface area contributed by atoms with Crippen LogP contribution in [0.1, 0.15) is 0 Å². The van der Waals surface area contributed by atoms with E-state index >= 15 is 0 Å². The van der Waals surface area contributed by atoms with Crippen LogP contribution < -0.4 is 0 Å². The number of rotatable bonds is 3. The van der Waals surface area contributed by atoms with Crippen molar-refractivity contribution >= 4 is 64.1 Å². The Bertz CT molecular complexity index is 2410. The Labute approximate surface area is 246 Å². The summed E-state index contributed by atoms with van der Waals surface area (Å²) < 4.78 is 5.02. The molecule has 0 saturated heterocycles. The van der Waals surface area contributed by atoms with Crippen molar-refractivity contribution < 1.29 is 0 Å². The molecular weight excluding hydrogens is 529 g/mol. The number of nitrogens with zero attached hydrogens (tertiary/aromatic N) is 2. The van der Waals surface area contributed by atoms with Gasteiger partial charge in [-0.2, -0.15) is 0 Å². The summed E-state index contributed by atoms with van der Waals surface area (Å²) in [6.45, 7) is 0. The van der Waals surface area contributed by atoms with Gasteiger partial charge in [0, 0.05) is 36.5 Å². The van der Waals surface area contributed by atoms with Gasteiger partial charge in [-0.05, 0) is 52.2 Å². The molecule has 9 rings (SSSR count). The number of hydrogen-bond acceptors (Lipinski definition) is 2. The highest BCUT2D eigenvalue weighted by Crippen LogP contribution is 2.45. The molecule has 0 unspecified atom stereocenters. The fourth-order valence-corrected chi connectivity index (χ4v) is 7.66. The first-order valence-corrected chi connectivity index (χ1v) is 15.1. The molecule has 0 radical (unpaired) electrons. The van der Waals surface area contributed by atoms with E-state index in [1.165, 1.54) is 58.5 Å². The zero-order valence-electron chi connectivity index (χ0n) is 22.7. The second-order valence-corrected chi connectivity index (χ2v) is 11.8. The van der Waals surface area contributed by atoms with Crippen LogP contribution in [0.5, 0.6) is 0 Å². The van der Waals surface area contributed by atoms with Crippen molar-refractivity contribution in [2.24, 2.45) is 0 Å². The third-order valence-corrected chi connectivity index (χ3v) is 9.54. The highest BCUT2D eigenvalue weighted by molar-refractivity contribution is 7.25. The van der Waals surface area contributed by atoms with Crippen LogP contribution in [0.4, 0.5) is 0 Å². The maximum absolute atomic E-state index is 5.17. The summed E-state index contributed by atoms with van der Waals surface area (Å²) in [5.74, 6) is 0.950. The molecule has 2 nitrogen and oxygen atoms in total. The van der Waals surface area contributed by atoms with Crippen LogP contribution >= 0.6 is 11.3 Å². The summed E-state index contributed by atoms with van der Waals surface area (Å²) in [5, 5.41) is 7.53. The quantitative estimate of drug-likeness (QED) is 0.199. The molecule has 7 aromatic carbocycles. The predicted octanol–water partition coefficient (Wildman–Crippen LogP) is 11.0. The van der Waals surface area contributed by atoms with Gasteiger partial charge >= 0.3 is 0 Å². The Kier molecular flexibility index (Phi) is 5.10. The van der Waals surface area contributed by atoms with Gasteiger partial charge < -0.3 is 0 Å². The average Bonchev–Trinajstić information content (AvgIpc) is 3.62. The van der Waals surface area contributed by atoms with Crippen LogP contribution in [0.3, 0.4) is 0 Å². The molecule has 0 N–H and O–H groups in total. The Hall–Kier alpha value is -5.25. The number of fused-ring (bicyclic) bond motifs is 6. The molecule has 0 fully saturated rings. The number of benzene rings is 7. The van der Waals surface area contributed by atoms with Crippen LogP contribution in [0.2, 0.25) is 0 Å². The standard InChI is InChI=1S/C39H24N2S/c1-2-12-25(13-3-1)39-40-33-19-9-10-20-34(33)41(39)38-30-17-6-4-15-28(30)37(29-16-5-7-18-31(29)38)26-22-23-36-32(24-26)27-14-8-11-21-35(27)42-36/h1-24H. The SMILES string of the molecule is c1ccc(-c2nc3ccccc3n2-c2c3ccccc3c(-c3ccc4sc5ccccc5c4c3)c3ccccc23)cc1. The molecule has 2 heterocycles. The van der Waals surface area contributed by atoms with Crippen LogP contribution in [0.15, 0.2) is 146 Å². The molecule has 0 atom stereocenters. The van der Waals surface area contributed by atoms with Gasteiger partial charge in [0.2, 0.25) is 0 Å². The fraction of sp³-hybridized carbons (Fsp3) is 0. The van der Waals surface area contributed by atoms with Crippen molar-refractivity contribution in [3.8, 4) is 28.2 Å². The van der Waals surface area contributed by atoms with Crippen molar-refractivity contribution in [2.45, 2.75) is 0 Å². The topological polar surface area (TPSA) is 17.8 Å². The molecule has 196 valence electrons. The second-order valence-electron chi connectivity index (χ2n) is 10.7. The molecule has 0 amide bonds. The summed E-state index contributed by atoms with van der Waals surface area (Å²) in [6.07, 6.45) is 0. The molecule has 3 heteroatoms. The predicted molar refractivity (Wildman–Crippen MR) is 180 cm³/mol. The number of imidazole rings is 1. The summed E-state index contributed by atoms with van der Waals surface area (Å²) in [7, 11) is 0. The first kappa shape index (κ1) is 23.5. The monoisotopic (exact) mass is 552 g/mol. The van der Waals surface area contributed by atoms with E-state index in [-0.39, 0.29) is 0 Å². The van der Waals surface area contributed by atoms with E-state index in [4.69, 9.17) is 4.98 Å². The Balaban J connectivity index is 1.43. The Morgan fingerprint density at radius 1 is 0.452 bits per heavy atom. The summed E-state index contributed by atoms with van der Waals surface area (Å²) in [5.41, 5.74) is 6.87. The number of aromatic nitrogens is 2. The second kappa shape index (κ2) is 9.13. The van der Waals surface area contributed by atoms with E-state index in [9.17, 15) is 0 Å². The van der Waals surface area contributed by atoms with Gasteiger partial charge in [-0.3, -0.25) is 4.57 Å². The normalized spacial score (nSPS) is 11.8. The molecule has 2 aromatic heterocycles. The third kappa shape index (κ3) is 3.41. The average molecular weight is 553 g/mol. The Morgan fingerprint density at radius 2 is 1.05 bits per heavy atom. The lowest BCUT2D eigenvalue weighted by Gasteiger charge is -2.20. The zero-order chi connectivity index (χ0) is 27.6. The summed E-state index contributed by atoms with van der Waals surface area (Å²) in [4.78, 5) is 5.17. The molecule has 0 aliphatic rings. The van der Waals surface area contributed by atoms with E-state index in [0.717, 1.165) is 22.4 Å². The van der Waals surface area contributed by atoms with Gasteiger partial charge in [-0.1, -0.05) is 115 Å². The fourth-order valence-electron chi connectivity index (χ4n) is 6.57. The van der Waals surface area contributed by atoms with E-state index in [1.54, 1.807) is 0 Å². The first-order chi connectivity index (χ1) is 20.8. The Morgan fingerprint density at radius 3 is 1.81 bits per heavy atom. The molecule has 0 saturated carbocycles. The maximum Gasteiger partial charge on any atom is 0.145 e. The van der Waals surface area contributed by atoms with Crippen molar-refractivity contribution in [2.75, 3.05) is 0 Å². The van der Waals surface area contributed by atoms with Gasteiger partial charge in [0.25, 0.3) is 0 Å². The van der Waals surface area contributed by atoms with E-state index in [1.807, 2.05) is 11.3 Å². The first-order valence-electron chi connectivity index (χ1n) is 14.2. The zero-order valence-corrected chi connectivity index (χ0v) is 23.5. The van der Waals surface area contributed by atoms with Crippen LogP contribution in [0.25, 0.3) is 81.0 Å². The molecule has 9 aromatic rings. The molecule has 42 heavy (non-hydrogen) atoms. The smallest absolute Gasteiger partial charge is 0.145 e. The highest BCUT2D eigenvalue weighted by Gasteiger charge is 2.21. The van der Waals surface area contributed by atoms with Gasteiger partial charge in [-0.15, -0.1) is 11.3 Å². The number of para-hydroxylation sites is 2. The third-order valence-electron chi connectivity index (χ3n) is 8.38. The van der Waals surface area contributed by atoms with Gasteiger partial charge in [0.05, 0.1) is 16.7 Å².